The highest BCUT2D eigenvalue weighted by atomic mass is 35.5. The lowest BCUT2D eigenvalue weighted by Gasteiger charge is -2.28. The third-order valence-electron chi connectivity index (χ3n) is 4.07. The van der Waals surface area contributed by atoms with Gasteiger partial charge in [-0.25, -0.2) is 0 Å². The van der Waals surface area contributed by atoms with Crippen LogP contribution < -0.4 is 10.6 Å². The Hall–Kier alpha value is -1.66. The van der Waals surface area contributed by atoms with Crippen LogP contribution in [0.3, 0.4) is 0 Å². The van der Waals surface area contributed by atoms with Crippen molar-refractivity contribution < 1.29 is 9.72 Å². The second kappa shape index (κ2) is 8.10. The van der Waals surface area contributed by atoms with E-state index in [1.54, 1.807) is 19.1 Å². The van der Waals surface area contributed by atoms with E-state index in [0.29, 0.717) is 17.0 Å². The van der Waals surface area contributed by atoms with Gasteiger partial charge in [-0.15, -0.1) is 12.4 Å². The van der Waals surface area contributed by atoms with Crippen molar-refractivity contribution in [2.24, 2.45) is 5.92 Å². The molecule has 2 N–H and O–H groups in total. The summed E-state index contributed by atoms with van der Waals surface area (Å²) >= 11 is 0. The SMILES string of the molecule is Cc1ccc(C(=O)NC(C)C2CCCNC2)cc1[N+](=O)[O-].Cl. The molecule has 0 bridgehead atoms. The lowest BCUT2D eigenvalue weighted by molar-refractivity contribution is -0.385. The molecule has 1 heterocycles. The summed E-state index contributed by atoms with van der Waals surface area (Å²) in [5.41, 5.74) is 0.874. The molecule has 1 amide bonds. The van der Waals surface area contributed by atoms with E-state index in [4.69, 9.17) is 0 Å². The molecule has 1 aliphatic heterocycles. The van der Waals surface area contributed by atoms with E-state index in [1.807, 2.05) is 6.92 Å². The van der Waals surface area contributed by atoms with Gasteiger partial charge in [0.1, 0.15) is 0 Å². The number of nitrogens with one attached hydrogen (secondary N) is 2. The van der Waals surface area contributed by atoms with Crippen molar-refractivity contribution in [3.05, 3.63) is 39.4 Å². The first-order chi connectivity index (χ1) is 9.99. The smallest absolute Gasteiger partial charge is 0.273 e. The molecule has 22 heavy (non-hydrogen) atoms. The van der Waals surface area contributed by atoms with Crippen LogP contribution in [-0.2, 0) is 0 Å². The lowest BCUT2D eigenvalue weighted by atomic mass is 9.92. The van der Waals surface area contributed by atoms with Crippen molar-refractivity contribution in [2.45, 2.75) is 32.7 Å². The van der Waals surface area contributed by atoms with Crippen LogP contribution in [0.5, 0.6) is 0 Å². The van der Waals surface area contributed by atoms with Gasteiger partial charge in [0.15, 0.2) is 0 Å². The van der Waals surface area contributed by atoms with Crippen LogP contribution in [0.2, 0.25) is 0 Å². The standard InChI is InChI=1S/C15H21N3O3.ClH/c1-10-5-6-12(8-14(10)18(20)21)15(19)17-11(2)13-4-3-7-16-9-13;/h5-6,8,11,13,16H,3-4,7,9H2,1-2H3,(H,17,19);1H. The maximum atomic E-state index is 12.2. The third kappa shape index (κ3) is 4.42. The predicted molar refractivity (Wildman–Crippen MR) is 87.6 cm³/mol. The second-order valence-corrected chi connectivity index (χ2v) is 5.63. The minimum atomic E-state index is -0.458. The van der Waals surface area contributed by atoms with Gasteiger partial charge in [-0.2, -0.15) is 0 Å². The molecule has 122 valence electrons. The molecule has 1 aromatic rings. The van der Waals surface area contributed by atoms with Crippen LogP contribution in [0.25, 0.3) is 0 Å². The minimum Gasteiger partial charge on any atom is -0.349 e. The maximum absolute atomic E-state index is 12.2. The average Bonchev–Trinajstić information content (AvgIpc) is 2.48. The Balaban J connectivity index is 0.00000242. The molecule has 1 aromatic carbocycles. The third-order valence-corrected chi connectivity index (χ3v) is 4.07. The van der Waals surface area contributed by atoms with E-state index in [-0.39, 0.29) is 30.0 Å². The Kier molecular flexibility index (Phi) is 6.77. The lowest BCUT2D eigenvalue weighted by Crippen LogP contribution is -2.44. The van der Waals surface area contributed by atoms with Gasteiger partial charge in [0, 0.05) is 23.2 Å². The zero-order valence-electron chi connectivity index (χ0n) is 12.8. The second-order valence-electron chi connectivity index (χ2n) is 5.63. The summed E-state index contributed by atoms with van der Waals surface area (Å²) in [6, 6.07) is 4.63. The number of carbonyl (C=O) groups excluding carboxylic acids is 1. The molecular weight excluding hydrogens is 306 g/mol. The van der Waals surface area contributed by atoms with Crippen molar-refractivity contribution in [3.8, 4) is 0 Å². The number of aryl methyl sites for hydroxylation is 1. The molecule has 2 atom stereocenters. The van der Waals surface area contributed by atoms with Crippen LogP contribution in [0.15, 0.2) is 18.2 Å². The number of hydrogen-bond acceptors (Lipinski definition) is 4. The van der Waals surface area contributed by atoms with Crippen molar-refractivity contribution >= 4 is 24.0 Å². The van der Waals surface area contributed by atoms with Gasteiger partial charge in [-0.1, -0.05) is 6.07 Å². The van der Waals surface area contributed by atoms with Gasteiger partial charge in [0.25, 0.3) is 11.6 Å². The van der Waals surface area contributed by atoms with Gasteiger partial charge in [-0.05, 0) is 51.8 Å². The number of carbonyl (C=O) groups is 1. The molecule has 2 rings (SSSR count). The minimum absolute atomic E-state index is 0. The number of nitro benzene ring substituents is 1. The summed E-state index contributed by atoms with van der Waals surface area (Å²) in [6.45, 7) is 5.57. The Morgan fingerprint density at radius 2 is 2.23 bits per heavy atom. The number of benzene rings is 1. The number of hydrogen-bond donors (Lipinski definition) is 2. The van der Waals surface area contributed by atoms with Gasteiger partial charge in [-0.3, -0.25) is 14.9 Å². The van der Waals surface area contributed by atoms with E-state index in [0.717, 1.165) is 25.9 Å². The Bertz CT molecular complexity index is 545. The summed E-state index contributed by atoms with van der Waals surface area (Å²) < 4.78 is 0. The maximum Gasteiger partial charge on any atom is 0.273 e. The Morgan fingerprint density at radius 1 is 1.50 bits per heavy atom. The fraction of sp³-hybridized carbons (Fsp3) is 0.533. The highest BCUT2D eigenvalue weighted by molar-refractivity contribution is 5.95. The number of piperidine rings is 1. The van der Waals surface area contributed by atoms with Crippen LogP contribution >= 0.6 is 12.4 Å². The number of halogens is 1. The Morgan fingerprint density at radius 3 is 2.82 bits per heavy atom. The largest absolute Gasteiger partial charge is 0.349 e. The molecule has 2 unspecified atom stereocenters. The summed E-state index contributed by atoms with van der Waals surface area (Å²) in [6.07, 6.45) is 2.20. The highest BCUT2D eigenvalue weighted by Crippen LogP contribution is 2.20. The average molecular weight is 328 g/mol. The number of nitrogens with zero attached hydrogens (tertiary/aromatic N) is 1. The molecule has 7 heteroatoms. The molecule has 1 aliphatic rings. The quantitative estimate of drug-likeness (QED) is 0.657. The molecular formula is C15H22ClN3O3. The topological polar surface area (TPSA) is 84.3 Å². The van der Waals surface area contributed by atoms with Crippen LogP contribution in [0.4, 0.5) is 5.69 Å². The number of amides is 1. The van der Waals surface area contributed by atoms with Gasteiger partial charge >= 0.3 is 0 Å². The number of rotatable bonds is 4. The zero-order valence-corrected chi connectivity index (χ0v) is 13.6. The van der Waals surface area contributed by atoms with Crippen molar-refractivity contribution in [1.29, 1.82) is 0 Å². The Labute approximate surface area is 136 Å². The molecule has 0 spiro atoms. The number of nitro groups is 1. The molecule has 0 radical (unpaired) electrons. The van der Waals surface area contributed by atoms with Crippen molar-refractivity contribution in [2.75, 3.05) is 13.1 Å². The molecule has 0 saturated carbocycles. The van der Waals surface area contributed by atoms with E-state index < -0.39 is 4.92 Å². The zero-order chi connectivity index (χ0) is 15.4. The predicted octanol–water partition coefficient (Wildman–Crippen LogP) is 2.44. The van der Waals surface area contributed by atoms with Gasteiger partial charge in [0.05, 0.1) is 4.92 Å². The summed E-state index contributed by atoms with van der Waals surface area (Å²) in [7, 11) is 0. The van der Waals surface area contributed by atoms with Crippen molar-refractivity contribution in [1.82, 2.24) is 10.6 Å². The fourth-order valence-electron chi connectivity index (χ4n) is 2.66. The van der Waals surface area contributed by atoms with Crippen molar-refractivity contribution in [3.63, 3.8) is 0 Å². The summed E-state index contributed by atoms with van der Waals surface area (Å²) in [5.74, 6) is 0.152. The molecule has 0 aromatic heterocycles. The normalized spacial score (nSPS) is 18.9. The molecule has 1 fully saturated rings. The van der Waals surface area contributed by atoms with E-state index in [9.17, 15) is 14.9 Å². The first kappa shape index (κ1) is 18.4. The fourth-order valence-corrected chi connectivity index (χ4v) is 2.66. The van der Waals surface area contributed by atoms with E-state index >= 15 is 0 Å². The van der Waals surface area contributed by atoms with E-state index in [1.165, 1.54) is 6.07 Å². The van der Waals surface area contributed by atoms with Crippen LogP contribution in [0, 0.1) is 23.0 Å². The van der Waals surface area contributed by atoms with Crippen LogP contribution in [0.1, 0.15) is 35.7 Å². The summed E-state index contributed by atoms with van der Waals surface area (Å²) in [5, 5.41) is 17.2. The first-order valence-corrected chi connectivity index (χ1v) is 7.25. The van der Waals surface area contributed by atoms with Crippen LogP contribution in [-0.4, -0.2) is 30.0 Å². The summed E-state index contributed by atoms with van der Waals surface area (Å²) in [4.78, 5) is 22.7. The first-order valence-electron chi connectivity index (χ1n) is 7.25. The highest BCUT2D eigenvalue weighted by Gasteiger charge is 2.22. The van der Waals surface area contributed by atoms with Gasteiger partial charge < -0.3 is 10.6 Å². The molecule has 6 nitrogen and oxygen atoms in total. The van der Waals surface area contributed by atoms with Gasteiger partial charge in [0.2, 0.25) is 0 Å². The monoisotopic (exact) mass is 327 g/mol. The molecule has 0 aliphatic carbocycles. The molecule has 1 saturated heterocycles. The van der Waals surface area contributed by atoms with E-state index in [2.05, 4.69) is 10.6 Å².